The molecule has 0 aromatic carbocycles. The SMILES string of the molecule is C.CCCCCCCCCCCCCCC.CCCCCCCCCCCCCCCCCOC(=O)NCCCOCCOC. The maximum Gasteiger partial charge on any atom is 0.407 e. The number of carbonyl (C=O) groups excluding carboxylic acids is 1. The van der Waals surface area contributed by atoms with Gasteiger partial charge in [0.1, 0.15) is 0 Å². The molecule has 0 saturated carbocycles. The molecular weight excluding hydrogens is 558 g/mol. The van der Waals surface area contributed by atoms with Crippen molar-refractivity contribution in [2.24, 2.45) is 0 Å². The van der Waals surface area contributed by atoms with Crippen molar-refractivity contribution in [3.05, 3.63) is 0 Å². The van der Waals surface area contributed by atoms with Crippen LogP contribution in [0.4, 0.5) is 4.79 Å². The number of methoxy groups -OCH3 is 1. The first-order valence-corrected chi connectivity index (χ1v) is 19.7. The Bertz CT molecular complexity index is 491. The van der Waals surface area contributed by atoms with E-state index in [2.05, 4.69) is 26.1 Å². The van der Waals surface area contributed by atoms with Gasteiger partial charge in [-0.15, -0.1) is 0 Å². The van der Waals surface area contributed by atoms with Gasteiger partial charge in [-0.25, -0.2) is 4.79 Å². The Kier molecular flexibility index (Phi) is 51.4. The van der Waals surface area contributed by atoms with Crippen LogP contribution in [0.15, 0.2) is 0 Å². The minimum absolute atomic E-state index is 0. The van der Waals surface area contributed by atoms with E-state index in [1.54, 1.807) is 7.11 Å². The van der Waals surface area contributed by atoms with Gasteiger partial charge in [0.25, 0.3) is 0 Å². The van der Waals surface area contributed by atoms with Gasteiger partial charge in [0.15, 0.2) is 0 Å². The second-order valence-electron chi connectivity index (χ2n) is 12.9. The van der Waals surface area contributed by atoms with E-state index < -0.39 is 0 Å². The summed E-state index contributed by atoms with van der Waals surface area (Å²) in [7, 11) is 1.65. The van der Waals surface area contributed by atoms with Crippen molar-refractivity contribution in [3.8, 4) is 0 Å². The Hall–Kier alpha value is -0.810. The third kappa shape index (κ3) is 50.2. The van der Waals surface area contributed by atoms with Crippen molar-refractivity contribution in [1.29, 1.82) is 0 Å². The summed E-state index contributed by atoms with van der Waals surface area (Å²) >= 11 is 0. The third-order valence-corrected chi connectivity index (χ3v) is 8.35. The molecule has 0 spiro atoms. The minimum atomic E-state index is -0.313. The summed E-state index contributed by atoms with van der Waals surface area (Å²) in [5.74, 6) is 0. The van der Waals surface area contributed by atoms with Gasteiger partial charge < -0.3 is 19.5 Å². The summed E-state index contributed by atoms with van der Waals surface area (Å²) < 4.78 is 15.4. The first-order chi connectivity index (χ1) is 21.7. The fraction of sp³-hybridized carbons (Fsp3) is 0.975. The summed E-state index contributed by atoms with van der Waals surface area (Å²) in [6, 6.07) is 0. The Morgan fingerprint density at radius 2 is 0.756 bits per heavy atom. The zero-order valence-corrected chi connectivity index (χ0v) is 30.7. The van der Waals surface area contributed by atoms with Crippen molar-refractivity contribution in [2.75, 3.05) is 40.1 Å². The van der Waals surface area contributed by atoms with Crippen molar-refractivity contribution in [1.82, 2.24) is 5.32 Å². The molecule has 1 amide bonds. The molecule has 5 nitrogen and oxygen atoms in total. The molecule has 0 fully saturated rings. The smallest absolute Gasteiger partial charge is 0.407 e. The highest BCUT2D eigenvalue weighted by molar-refractivity contribution is 5.66. The van der Waals surface area contributed by atoms with E-state index in [1.165, 1.54) is 167 Å². The fourth-order valence-corrected chi connectivity index (χ4v) is 5.39. The standard InChI is InChI=1S/C24H49NO4.C15H32.CH4/c1-3-4-5-6-7-8-9-10-11-12-13-14-15-16-17-21-29-24(26)25-19-18-20-28-23-22-27-2;1-3-5-7-9-11-13-15-14-12-10-8-6-4-2;/h3-23H2,1-2H3,(H,25,26);3-15H2,1-2H3;1H4. The number of hydrogen-bond acceptors (Lipinski definition) is 4. The van der Waals surface area contributed by atoms with Crippen molar-refractivity contribution >= 4 is 6.09 Å². The molecule has 0 heterocycles. The molecule has 5 heteroatoms. The molecular formula is C40H85NO4. The molecule has 0 radical (unpaired) electrons. The molecule has 0 rings (SSSR count). The number of alkyl carbamates (subject to hydrolysis) is 1. The summed E-state index contributed by atoms with van der Waals surface area (Å²) in [5.41, 5.74) is 0. The van der Waals surface area contributed by atoms with Gasteiger partial charge in [-0.05, 0) is 12.8 Å². The van der Waals surface area contributed by atoms with Gasteiger partial charge in [0.05, 0.1) is 19.8 Å². The summed E-state index contributed by atoms with van der Waals surface area (Å²) in [6.07, 6.45) is 39.5. The highest BCUT2D eigenvalue weighted by Gasteiger charge is 2.01. The highest BCUT2D eigenvalue weighted by atomic mass is 16.5. The molecule has 274 valence electrons. The molecule has 0 unspecified atom stereocenters. The van der Waals surface area contributed by atoms with Crippen LogP contribution in [0.2, 0.25) is 0 Å². The van der Waals surface area contributed by atoms with Crippen LogP contribution in [0, 0.1) is 0 Å². The molecule has 0 bridgehead atoms. The monoisotopic (exact) mass is 644 g/mol. The van der Waals surface area contributed by atoms with Gasteiger partial charge in [0, 0.05) is 20.3 Å². The Balaban J connectivity index is -0.000000931. The molecule has 0 aromatic heterocycles. The van der Waals surface area contributed by atoms with Crippen LogP contribution in [0.1, 0.15) is 214 Å². The van der Waals surface area contributed by atoms with Crippen molar-refractivity contribution in [2.45, 2.75) is 214 Å². The van der Waals surface area contributed by atoms with Crippen LogP contribution in [-0.4, -0.2) is 46.2 Å². The highest BCUT2D eigenvalue weighted by Crippen LogP contribution is 2.14. The number of nitrogens with one attached hydrogen (secondary N) is 1. The third-order valence-electron chi connectivity index (χ3n) is 8.35. The topological polar surface area (TPSA) is 56.8 Å². The lowest BCUT2D eigenvalue weighted by atomic mass is 10.0. The van der Waals surface area contributed by atoms with Crippen molar-refractivity contribution in [3.63, 3.8) is 0 Å². The van der Waals surface area contributed by atoms with E-state index in [0.29, 0.717) is 33.0 Å². The van der Waals surface area contributed by atoms with Crippen molar-refractivity contribution < 1.29 is 19.0 Å². The number of hydrogen-bond donors (Lipinski definition) is 1. The number of carbonyl (C=O) groups is 1. The second kappa shape index (κ2) is 47.6. The Labute approximate surface area is 284 Å². The van der Waals surface area contributed by atoms with E-state index in [4.69, 9.17) is 14.2 Å². The predicted molar refractivity (Wildman–Crippen MR) is 200 cm³/mol. The van der Waals surface area contributed by atoms with Gasteiger partial charge in [-0.3, -0.25) is 0 Å². The number of ether oxygens (including phenoxy) is 3. The van der Waals surface area contributed by atoms with Crippen LogP contribution < -0.4 is 5.32 Å². The van der Waals surface area contributed by atoms with Gasteiger partial charge in [0.2, 0.25) is 0 Å². The number of rotatable bonds is 35. The predicted octanol–water partition coefficient (Wildman–Crippen LogP) is 13.4. The summed E-state index contributed by atoms with van der Waals surface area (Å²) in [5, 5.41) is 2.75. The quantitative estimate of drug-likeness (QED) is 0.0698. The number of amides is 1. The first kappa shape index (κ1) is 48.6. The molecule has 0 aromatic rings. The second-order valence-corrected chi connectivity index (χ2v) is 12.9. The number of unbranched alkanes of at least 4 members (excludes halogenated alkanes) is 26. The summed E-state index contributed by atoms with van der Waals surface area (Å²) in [4.78, 5) is 11.5. The van der Waals surface area contributed by atoms with Crippen LogP contribution in [0.3, 0.4) is 0 Å². The van der Waals surface area contributed by atoms with E-state index in [0.717, 1.165) is 19.3 Å². The van der Waals surface area contributed by atoms with Crippen LogP contribution in [0.25, 0.3) is 0 Å². The maximum absolute atomic E-state index is 11.5. The average Bonchev–Trinajstić information content (AvgIpc) is 3.03. The lowest BCUT2D eigenvalue weighted by molar-refractivity contribution is 0.0691. The molecule has 0 aliphatic heterocycles. The average molecular weight is 644 g/mol. The maximum atomic E-state index is 11.5. The van der Waals surface area contributed by atoms with E-state index >= 15 is 0 Å². The normalized spacial score (nSPS) is 10.7. The fourth-order valence-electron chi connectivity index (χ4n) is 5.39. The molecule has 45 heavy (non-hydrogen) atoms. The lowest BCUT2D eigenvalue weighted by Gasteiger charge is -2.07. The van der Waals surface area contributed by atoms with E-state index in [1.807, 2.05) is 0 Å². The zero-order valence-electron chi connectivity index (χ0n) is 30.7. The van der Waals surface area contributed by atoms with Gasteiger partial charge in [-0.1, -0.05) is 202 Å². The van der Waals surface area contributed by atoms with E-state index in [-0.39, 0.29) is 13.5 Å². The van der Waals surface area contributed by atoms with E-state index in [9.17, 15) is 4.79 Å². The molecule has 0 saturated heterocycles. The van der Waals surface area contributed by atoms with Gasteiger partial charge in [-0.2, -0.15) is 0 Å². The molecule has 1 N–H and O–H groups in total. The Morgan fingerprint density at radius 3 is 1.09 bits per heavy atom. The zero-order chi connectivity index (χ0) is 32.4. The van der Waals surface area contributed by atoms with Crippen LogP contribution >= 0.6 is 0 Å². The Morgan fingerprint density at radius 1 is 0.422 bits per heavy atom. The first-order valence-electron chi connectivity index (χ1n) is 19.7. The molecule has 0 aliphatic rings. The molecule has 0 aliphatic carbocycles. The largest absolute Gasteiger partial charge is 0.450 e. The lowest BCUT2D eigenvalue weighted by Crippen LogP contribution is -2.26. The van der Waals surface area contributed by atoms with Crippen LogP contribution in [0.5, 0.6) is 0 Å². The van der Waals surface area contributed by atoms with Crippen LogP contribution in [-0.2, 0) is 14.2 Å². The summed E-state index contributed by atoms with van der Waals surface area (Å²) in [6.45, 7) is 9.79. The minimum Gasteiger partial charge on any atom is -0.450 e. The van der Waals surface area contributed by atoms with Gasteiger partial charge >= 0.3 is 6.09 Å². The molecule has 0 atom stereocenters.